The molecule has 2 N–H and O–H groups in total. The van der Waals surface area contributed by atoms with Gasteiger partial charge in [-0.15, -0.1) is 0 Å². The normalized spacial score (nSPS) is 12.2. The molecule has 0 amide bonds. The van der Waals surface area contributed by atoms with Crippen molar-refractivity contribution in [2.75, 3.05) is 0 Å². The third kappa shape index (κ3) is 3.08. The third-order valence-corrected chi connectivity index (χ3v) is 2.80. The summed E-state index contributed by atoms with van der Waals surface area (Å²) in [6.07, 6.45) is 0.901. The molecule has 0 unspecified atom stereocenters. The predicted octanol–water partition coefficient (Wildman–Crippen LogP) is 4.03. The maximum absolute atomic E-state index is 12.7. The Kier molecular flexibility index (Phi) is 3.95. The summed E-state index contributed by atoms with van der Waals surface area (Å²) in [6.45, 7) is 2.05. The van der Waals surface area contributed by atoms with Crippen molar-refractivity contribution in [2.24, 2.45) is 5.73 Å². The van der Waals surface area contributed by atoms with Crippen LogP contribution in [0.3, 0.4) is 0 Å². The summed E-state index contributed by atoms with van der Waals surface area (Å²) < 4.78 is 18.3. The Morgan fingerprint density at radius 2 is 1.50 bits per heavy atom. The average molecular weight is 245 g/mol. The van der Waals surface area contributed by atoms with Crippen LogP contribution < -0.4 is 10.5 Å². The average Bonchev–Trinajstić information content (AvgIpc) is 2.41. The van der Waals surface area contributed by atoms with Crippen LogP contribution in [0.2, 0.25) is 0 Å². The van der Waals surface area contributed by atoms with Crippen molar-refractivity contribution in [1.82, 2.24) is 0 Å². The van der Waals surface area contributed by atoms with Gasteiger partial charge in [0.15, 0.2) is 0 Å². The Bertz CT molecular complexity index is 493. The van der Waals surface area contributed by atoms with Crippen molar-refractivity contribution >= 4 is 0 Å². The number of hydrogen-bond donors (Lipinski definition) is 1. The number of rotatable bonds is 4. The van der Waals surface area contributed by atoms with Crippen LogP contribution in [0.5, 0.6) is 11.5 Å². The highest BCUT2D eigenvalue weighted by Gasteiger charge is 2.03. The van der Waals surface area contributed by atoms with Gasteiger partial charge in [-0.3, -0.25) is 0 Å². The first kappa shape index (κ1) is 12.6. The maximum atomic E-state index is 12.7. The lowest BCUT2D eigenvalue weighted by Crippen LogP contribution is -2.07. The molecule has 18 heavy (non-hydrogen) atoms. The Balaban J connectivity index is 2.08. The number of nitrogens with two attached hydrogens (primary N) is 1. The minimum atomic E-state index is -0.272. The number of hydrogen-bond acceptors (Lipinski definition) is 2. The topological polar surface area (TPSA) is 35.2 Å². The van der Waals surface area contributed by atoms with Gasteiger partial charge in [0, 0.05) is 6.04 Å². The molecule has 0 aliphatic carbocycles. The van der Waals surface area contributed by atoms with Crippen molar-refractivity contribution < 1.29 is 9.13 Å². The standard InChI is InChI=1S/C15H16FNO/c1-2-15(17)11-3-7-13(8-4-11)18-14-9-5-12(16)6-10-14/h3-10,15H,2,17H2,1H3/t15-/m0/s1. The smallest absolute Gasteiger partial charge is 0.127 e. The molecule has 0 aliphatic heterocycles. The first-order valence-electron chi connectivity index (χ1n) is 5.98. The van der Waals surface area contributed by atoms with Gasteiger partial charge in [0.05, 0.1) is 0 Å². The van der Waals surface area contributed by atoms with E-state index in [1.165, 1.54) is 12.1 Å². The molecule has 2 rings (SSSR count). The van der Waals surface area contributed by atoms with Gasteiger partial charge < -0.3 is 10.5 Å². The fourth-order valence-corrected chi connectivity index (χ4v) is 1.66. The minimum Gasteiger partial charge on any atom is -0.457 e. The van der Waals surface area contributed by atoms with E-state index in [0.717, 1.165) is 12.0 Å². The predicted molar refractivity (Wildman–Crippen MR) is 70.1 cm³/mol. The van der Waals surface area contributed by atoms with Gasteiger partial charge >= 0.3 is 0 Å². The zero-order valence-corrected chi connectivity index (χ0v) is 10.3. The second-order valence-corrected chi connectivity index (χ2v) is 4.14. The highest BCUT2D eigenvalue weighted by atomic mass is 19.1. The van der Waals surface area contributed by atoms with Crippen molar-refractivity contribution in [3.8, 4) is 11.5 Å². The van der Waals surface area contributed by atoms with E-state index in [1.807, 2.05) is 31.2 Å². The molecule has 0 spiro atoms. The molecule has 2 aromatic rings. The Morgan fingerprint density at radius 1 is 1.00 bits per heavy atom. The maximum Gasteiger partial charge on any atom is 0.127 e. The highest BCUT2D eigenvalue weighted by molar-refractivity contribution is 5.33. The van der Waals surface area contributed by atoms with E-state index in [1.54, 1.807) is 12.1 Å². The zero-order valence-electron chi connectivity index (χ0n) is 10.3. The Labute approximate surface area is 106 Å². The van der Waals surface area contributed by atoms with Gasteiger partial charge in [0.2, 0.25) is 0 Å². The molecule has 0 heterocycles. The lowest BCUT2D eigenvalue weighted by Gasteiger charge is -2.10. The molecule has 0 saturated carbocycles. The summed E-state index contributed by atoms with van der Waals surface area (Å²) in [4.78, 5) is 0. The van der Waals surface area contributed by atoms with Gasteiger partial charge in [-0.05, 0) is 48.4 Å². The molecular weight excluding hydrogens is 229 g/mol. The van der Waals surface area contributed by atoms with Gasteiger partial charge in [-0.2, -0.15) is 0 Å². The van der Waals surface area contributed by atoms with Crippen LogP contribution in [-0.4, -0.2) is 0 Å². The summed E-state index contributed by atoms with van der Waals surface area (Å²) in [5.41, 5.74) is 7.02. The summed E-state index contributed by atoms with van der Waals surface area (Å²) in [5.74, 6) is 1.06. The van der Waals surface area contributed by atoms with Gasteiger partial charge in [-0.1, -0.05) is 19.1 Å². The van der Waals surface area contributed by atoms with Crippen LogP contribution in [0.25, 0.3) is 0 Å². The molecule has 0 aromatic heterocycles. The molecule has 2 aromatic carbocycles. The van der Waals surface area contributed by atoms with Gasteiger partial charge in [0.1, 0.15) is 17.3 Å². The van der Waals surface area contributed by atoms with Gasteiger partial charge in [-0.25, -0.2) is 4.39 Å². The highest BCUT2D eigenvalue weighted by Crippen LogP contribution is 2.23. The van der Waals surface area contributed by atoms with Crippen LogP contribution in [0.15, 0.2) is 48.5 Å². The fraction of sp³-hybridized carbons (Fsp3) is 0.200. The number of ether oxygens (including phenoxy) is 1. The Hall–Kier alpha value is -1.87. The van der Waals surface area contributed by atoms with Crippen LogP contribution in [0, 0.1) is 5.82 Å². The van der Waals surface area contributed by atoms with E-state index >= 15 is 0 Å². The lowest BCUT2D eigenvalue weighted by atomic mass is 10.1. The van der Waals surface area contributed by atoms with Crippen LogP contribution in [0.4, 0.5) is 4.39 Å². The first-order valence-corrected chi connectivity index (χ1v) is 5.98. The van der Waals surface area contributed by atoms with E-state index in [9.17, 15) is 4.39 Å². The molecular formula is C15H16FNO. The summed E-state index contributed by atoms with van der Waals surface area (Å²) in [5, 5.41) is 0. The molecule has 3 heteroatoms. The van der Waals surface area contributed by atoms with E-state index in [0.29, 0.717) is 11.5 Å². The SMILES string of the molecule is CC[C@H](N)c1ccc(Oc2ccc(F)cc2)cc1. The molecule has 0 aliphatic rings. The summed E-state index contributed by atoms with van der Waals surface area (Å²) in [6, 6.07) is 13.6. The monoisotopic (exact) mass is 245 g/mol. The van der Waals surface area contributed by atoms with E-state index < -0.39 is 0 Å². The summed E-state index contributed by atoms with van der Waals surface area (Å²) in [7, 11) is 0. The van der Waals surface area contributed by atoms with Crippen LogP contribution in [0.1, 0.15) is 24.9 Å². The molecule has 0 bridgehead atoms. The lowest BCUT2D eigenvalue weighted by molar-refractivity contribution is 0.480. The van der Waals surface area contributed by atoms with Crippen LogP contribution in [-0.2, 0) is 0 Å². The molecule has 1 atom stereocenters. The minimum absolute atomic E-state index is 0.0601. The largest absolute Gasteiger partial charge is 0.457 e. The third-order valence-electron chi connectivity index (χ3n) is 2.80. The second-order valence-electron chi connectivity index (χ2n) is 4.14. The van der Waals surface area contributed by atoms with E-state index in [4.69, 9.17) is 10.5 Å². The molecule has 2 nitrogen and oxygen atoms in total. The van der Waals surface area contributed by atoms with Crippen LogP contribution >= 0.6 is 0 Å². The van der Waals surface area contributed by atoms with E-state index in [2.05, 4.69) is 0 Å². The second kappa shape index (κ2) is 5.65. The molecule has 0 radical (unpaired) electrons. The summed E-state index contributed by atoms with van der Waals surface area (Å²) >= 11 is 0. The van der Waals surface area contributed by atoms with Crippen molar-refractivity contribution in [3.63, 3.8) is 0 Å². The van der Waals surface area contributed by atoms with Crippen molar-refractivity contribution in [3.05, 3.63) is 59.9 Å². The Morgan fingerprint density at radius 3 is 2.00 bits per heavy atom. The fourth-order valence-electron chi connectivity index (χ4n) is 1.66. The van der Waals surface area contributed by atoms with E-state index in [-0.39, 0.29) is 11.9 Å². The van der Waals surface area contributed by atoms with Crippen molar-refractivity contribution in [2.45, 2.75) is 19.4 Å². The van der Waals surface area contributed by atoms with Gasteiger partial charge in [0.25, 0.3) is 0 Å². The first-order chi connectivity index (χ1) is 8.69. The zero-order chi connectivity index (χ0) is 13.0. The van der Waals surface area contributed by atoms with Crippen molar-refractivity contribution in [1.29, 1.82) is 0 Å². The molecule has 0 saturated heterocycles. The number of benzene rings is 2. The molecule has 0 fully saturated rings. The number of halogens is 1. The molecule has 94 valence electrons. The quantitative estimate of drug-likeness (QED) is 0.882.